The van der Waals surface area contributed by atoms with Crippen molar-refractivity contribution in [1.82, 2.24) is 4.98 Å². The van der Waals surface area contributed by atoms with Crippen LogP contribution in [-0.2, 0) is 4.79 Å². The number of amides is 1. The smallest absolute Gasteiger partial charge is 0.229 e. The van der Waals surface area contributed by atoms with Crippen molar-refractivity contribution >= 4 is 11.8 Å². The van der Waals surface area contributed by atoms with Gasteiger partial charge in [-0.05, 0) is 25.0 Å². The summed E-state index contributed by atoms with van der Waals surface area (Å²) >= 11 is 0. The van der Waals surface area contributed by atoms with Crippen molar-refractivity contribution in [3.05, 3.63) is 60.7 Å². The lowest BCUT2D eigenvalue weighted by atomic mass is 9.85. The molecule has 1 aromatic heterocycles. The van der Waals surface area contributed by atoms with Gasteiger partial charge < -0.3 is 4.42 Å². The summed E-state index contributed by atoms with van der Waals surface area (Å²) < 4.78 is 5.90. The van der Waals surface area contributed by atoms with Gasteiger partial charge in [0, 0.05) is 17.0 Å². The number of rotatable bonds is 4. The second-order valence-electron chi connectivity index (χ2n) is 6.05. The minimum atomic E-state index is 0.0224. The molecule has 1 amide bonds. The van der Waals surface area contributed by atoms with E-state index in [-0.39, 0.29) is 11.8 Å². The number of carbonyl (C=O) groups is 1. The van der Waals surface area contributed by atoms with Crippen LogP contribution in [0.1, 0.15) is 19.3 Å². The molecule has 0 atom stereocenters. The van der Waals surface area contributed by atoms with Crippen LogP contribution in [0.3, 0.4) is 0 Å². The summed E-state index contributed by atoms with van der Waals surface area (Å²) in [5.41, 5.74) is 2.48. The highest BCUT2D eigenvalue weighted by Crippen LogP contribution is 2.34. The Hall–Kier alpha value is -2.88. The van der Waals surface area contributed by atoms with E-state index in [4.69, 9.17) is 4.42 Å². The van der Waals surface area contributed by atoms with Crippen molar-refractivity contribution in [2.75, 3.05) is 5.32 Å². The Morgan fingerprint density at radius 2 is 1.58 bits per heavy atom. The van der Waals surface area contributed by atoms with E-state index in [1.54, 1.807) is 0 Å². The van der Waals surface area contributed by atoms with E-state index in [1.165, 1.54) is 0 Å². The number of aromatic nitrogens is 1. The molecule has 2 aromatic carbocycles. The fourth-order valence-electron chi connectivity index (χ4n) is 2.79. The number of anilines is 1. The molecule has 1 aliphatic carbocycles. The summed E-state index contributed by atoms with van der Waals surface area (Å²) in [6.45, 7) is 0. The fourth-order valence-corrected chi connectivity index (χ4v) is 2.79. The van der Waals surface area contributed by atoms with Gasteiger partial charge in [-0.3, -0.25) is 10.1 Å². The van der Waals surface area contributed by atoms with E-state index in [2.05, 4.69) is 10.3 Å². The Morgan fingerprint density at radius 3 is 2.17 bits per heavy atom. The van der Waals surface area contributed by atoms with Crippen LogP contribution in [0.15, 0.2) is 65.1 Å². The molecule has 4 heteroatoms. The lowest BCUT2D eigenvalue weighted by molar-refractivity contribution is -0.122. The van der Waals surface area contributed by atoms with Crippen LogP contribution in [0.2, 0.25) is 0 Å². The topological polar surface area (TPSA) is 55.1 Å². The van der Waals surface area contributed by atoms with Gasteiger partial charge in [-0.1, -0.05) is 55.0 Å². The molecule has 1 heterocycles. The fraction of sp³-hybridized carbons (Fsp3) is 0.200. The normalized spacial score (nSPS) is 14.2. The van der Waals surface area contributed by atoms with E-state index in [0.717, 1.165) is 30.4 Å². The number of benzene rings is 2. The number of hydrogen-bond donors (Lipinski definition) is 1. The molecule has 0 unspecified atom stereocenters. The predicted molar refractivity (Wildman–Crippen MR) is 93.3 cm³/mol. The molecule has 3 aromatic rings. The van der Waals surface area contributed by atoms with Crippen LogP contribution >= 0.6 is 0 Å². The molecule has 1 fully saturated rings. The van der Waals surface area contributed by atoms with Crippen molar-refractivity contribution in [2.45, 2.75) is 19.3 Å². The average Bonchev–Trinajstić information content (AvgIpc) is 2.98. The number of nitrogens with one attached hydrogen (secondary N) is 1. The third-order valence-corrected chi connectivity index (χ3v) is 4.41. The Kier molecular flexibility index (Phi) is 3.87. The summed E-state index contributed by atoms with van der Waals surface area (Å²) in [4.78, 5) is 17.0. The maximum absolute atomic E-state index is 12.3. The van der Waals surface area contributed by atoms with Crippen LogP contribution in [0, 0.1) is 5.92 Å². The summed E-state index contributed by atoms with van der Waals surface area (Å²) in [6.07, 6.45) is 3.02. The van der Waals surface area contributed by atoms with Gasteiger partial charge in [0.2, 0.25) is 17.7 Å². The van der Waals surface area contributed by atoms with Gasteiger partial charge in [0.25, 0.3) is 0 Å². The van der Waals surface area contributed by atoms with Gasteiger partial charge in [0.15, 0.2) is 0 Å². The third kappa shape index (κ3) is 2.83. The number of hydrogen-bond acceptors (Lipinski definition) is 3. The summed E-state index contributed by atoms with van der Waals surface area (Å²) in [6, 6.07) is 19.5. The molecule has 1 N–H and O–H groups in total. The highest BCUT2D eigenvalue weighted by molar-refractivity contribution is 5.95. The molecular formula is C20H18N2O2. The molecule has 1 saturated carbocycles. The lowest BCUT2D eigenvalue weighted by Gasteiger charge is -2.23. The first-order valence-electron chi connectivity index (χ1n) is 8.24. The molecule has 1 aliphatic rings. The van der Waals surface area contributed by atoms with E-state index >= 15 is 0 Å². The lowest BCUT2D eigenvalue weighted by Crippen LogP contribution is -2.28. The van der Waals surface area contributed by atoms with Crippen molar-refractivity contribution in [2.24, 2.45) is 5.92 Å². The molecule has 4 rings (SSSR count). The van der Waals surface area contributed by atoms with Gasteiger partial charge in [-0.25, -0.2) is 4.98 Å². The van der Waals surface area contributed by atoms with Crippen molar-refractivity contribution in [3.63, 3.8) is 0 Å². The second kappa shape index (κ2) is 6.32. The molecule has 0 spiro atoms. The van der Waals surface area contributed by atoms with Crippen LogP contribution in [0.4, 0.5) is 5.88 Å². The predicted octanol–water partition coefficient (Wildman–Crippen LogP) is 4.75. The monoisotopic (exact) mass is 318 g/mol. The zero-order valence-electron chi connectivity index (χ0n) is 13.2. The first-order valence-corrected chi connectivity index (χ1v) is 8.24. The summed E-state index contributed by atoms with van der Waals surface area (Å²) in [5.74, 6) is 1.06. The Balaban J connectivity index is 1.72. The van der Waals surface area contributed by atoms with Crippen molar-refractivity contribution < 1.29 is 9.21 Å². The van der Waals surface area contributed by atoms with Gasteiger partial charge in [-0.15, -0.1) is 0 Å². The van der Waals surface area contributed by atoms with E-state index in [9.17, 15) is 4.79 Å². The van der Waals surface area contributed by atoms with Crippen molar-refractivity contribution in [1.29, 1.82) is 0 Å². The highest BCUT2D eigenvalue weighted by Gasteiger charge is 2.27. The van der Waals surface area contributed by atoms with Gasteiger partial charge in [-0.2, -0.15) is 0 Å². The molecular weight excluding hydrogens is 300 g/mol. The summed E-state index contributed by atoms with van der Waals surface area (Å²) in [7, 11) is 0. The Labute approximate surface area is 140 Å². The second-order valence-corrected chi connectivity index (χ2v) is 6.05. The minimum Gasteiger partial charge on any atom is -0.420 e. The van der Waals surface area contributed by atoms with Crippen LogP contribution in [0.25, 0.3) is 22.7 Å². The zero-order chi connectivity index (χ0) is 16.4. The first kappa shape index (κ1) is 14.7. The summed E-state index contributed by atoms with van der Waals surface area (Å²) in [5, 5.41) is 2.93. The van der Waals surface area contributed by atoms with Crippen LogP contribution < -0.4 is 5.32 Å². The van der Waals surface area contributed by atoms with E-state index in [1.807, 2.05) is 60.7 Å². The molecule has 0 saturated heterocycles. The van der Waals surface area contributed by atoms with Gasteiger partial charge >= 0.3 is 0 Å². The van der Waals surface area contributed by atoms with E-state index in [0.29, 0.717) is 17.5 Å². The molecule has 120 valence electrons. The van der Waals surface area contributed by atoms with Gasteiger partial charge in [0.05, 0.1) is 0 Å². The molecule has 0 aliphatic heterocycles. The Morgan fingerprint density at radius 1 is 0.958 bits per heavy atom. The standard InChI is InChI=1S/C20H18N2O2/c23-18(15-12-7-13-15)22-20-17(14-8-3-1-4-9-14)21-19(24-20)16-10-5-2-6-11-16/h1-6,8-11,15H,7,12-13H2,(H,22,23). The average molecular weight is 318 g/mol. The molecule has 0 bridgehead atoms. The first-order chi connectivity index (χ1) is 11.8. The maximum atomic E-state index is 12.3. The molecule has 0 radical (unpaired) electrons. The highest BCUT2D eigenvalue weighted by atomic mass is 16.4. The number of carbonyl (C=O) groups excluding carboxylic acids is 1. The minimum absolute atomic E-state index is 0.0224. The van der Waals surface area contributed by atoms with E-state index < -0.39 is 0 Å². The quantitative estimate of drug-likeness (QED) is 0.755. The third-order valence-electron chi connectivity index (χ3n) is 4.41. The Bertz CT molecular complexity index is 837. The largest absolute Gasteiger partial charge is 0.420 e. The van der Waals surface area contributed by atoms with Crippen LogP contribution in [0.5, 0.6) is 0 Å². The number of oxazole rings is 1. The molecule has 24 heavy (non-hydrogen) atoms. The molecule has 4 nitrogen and oxygen atoms in total. The maximum Gasteiger partial charge on any atom is 0.229 e. The SMILES string of the molecule is O=C(Nc1oc(-c2ccccc2)nc1-c1ccccc1)C1CCC1. The number of nitrogens with zero attached hydrogens (tertiary/aromatic N) is 1. The zero-order valence-corrected chi connectivity index (χ0v) is 13.2. The van der Waals surface area contributed by atoms with Gasteiger partial charge in [0.1, 0.15) is 5.69 Å². The van der Waals surface area contributed by atoms with Crippen molar-refractivity contribution in [3.8, 4) is 22.7 Å². The van der Waals surface area contributed by atoms with Crippen LogP contribution in [-0.4, -0.2) is 10.9 Å².